The Morgan fingerprint density at radius 3 is 2.04 bits per heavy atom. The second-order valence-corrected chi connectivity index (χ2v) is 6.02. The molecule has 27 heavy (non-hydrogen) atoms. The first kappa shape index (κ1) is 19.8. The van der Waals surface area contributed by atoms with Crippen LogP contribution in [0.2, 0.25) is 0 Å². The maximum Gasteiger partial charge on any atom is 0.119 e. The number of benzene rings is 2. The SMILES string of the molecule is N#Cc1ccc(NN(/C=C/CCCCCC=O)c2ccc(C#N)cc2)cc1. The largest absolute Gasteiger partial charge is 0.303 e. The maximum absolute atomic E-state index is 10.3. The molecule has 0 heterocycles. The van der Waals surface area contributed by atoms with E-state index in [4.69, 9.17) is 10.5 Å². The molecule has 2 rings (SSSR count). The van der Waals surface area contributed by atoms with Crippen LogP contribution < -0.4 is 10.4 Å². The average molecular weight is 358 g/mol. The Morgan fingerprint density at radius 1 is 0.852 bits per heavy atom. The molecule has 0 bridgehead atoms. The van der Waals surface area contributed by atoms with E-state index in [1.807, 2.05) is 35.5 Å². The van der Waals surface area contributed by atoms with Crippen molar-refractivity contribution in [3.8, 4) is 12.1 Å². The molecule has 0 amide bonds. The summed E-state index contributed by atoms with van der Waals surface area (Å²) in [5.74, 6) is 0. The second-order valence-electron chi connectivity index (χ2n) is 6.02. The number of nitrogens with one attached hydrogen (secondary N) is 1. The molecule has 5 nitrogen and oxygen atoms in total. The van der Waals surface area contributed by atoms with Crippen LogP contribution in [0.15, 0.2) is 60.8 Å². The number of carbonyl (C=O) groups excluding carboxylic acids is 1. The van der Waals surface area contributed by atoms with Gasteiger partial charge in [0.2, 0.25) is 0 Å². The molecule has 1 N–H and O–H groups in total. The van der Waals surface area contributed by atoms with Crippen molar-refractivity contribution in [2.75, 3.05) is 10.4 Å². The first-order chi connectivity index (χ1) is 13.3. The molecule has 0 spiro atoms. The van der Waals surface area contributed by atoms with Gasteiger partial charge in [-0.3, -0.25) is 10.4 Å². The Morgan fingerprint density at radius 2 is 1.44 bits per heavy atom. The van der Waals surface area contributed by atoms with Crippen LogP contribution in [-0.4, -0.2) is 6.29 Å². The molecule has 0 fully saturated rings. The molecule has 0 unspecified atom stereocenters. The summed E-state index contributed by atoms with van der Waals surface area (Å²) in [5, 5.41) is 19.8. The van der Waals surface area contributed by atoms with Crippen molar-refractivity contribution in [1.82, 2.24) is 0 Å². The van der Waals surface area contributed by atoms with Gasteiger partial charge >= 0.3 is 0 Å². The van der Waals surface area contributed by atoms with Crippen LogP contribution in [-0.2, 0) is 4.79 Å². The third-order valence-electron chi connectivity index (χ3n) is 3.99. The molecule has 2 aromatic carbocycles. The summed E-state index contributed by atoms with van der Waals surface area (Å²) in [5.41, 5.74) is 6.27. The fourth-order valence-electron chi connectivity index (χ4n) is 2.49. The number of rotatable bonds is 10. The highest BCUT2D eigenvalue weighted by Crippen LogP contribution is 2.19. The summed E-state index contributed by atoms with van der Waals surface area (Å²) in [6, 6.07) is 18.8. The maximum atomic E-state index is 10.3. The van der Waals surface area contributed by atoms with Crippen LogP contribution in [0.5, 0.6) is 0 Å². The quantitative estimate of drug-likeness (QED) is 0.370. The standard InChI is InChI=1S/C22H22N4O/c23-17-19-7-11-21(12-8-19)25-26(15-5-3-1-2-4-6-16-27)22-13-9-20(18-24)10-14-22/h5,7-16,25H,1-4,6H2/b15-5+. The van der Waals surface area contributed by atoms with E-state index in [0.29, 0.717) is 17.5 Å². The first-order valence-electron chi connectivity index (χ1n) is 8.93. The van der Waals surface area contributed by atoms with Gasteiger partial charge in [-0.25, -0.2) is 0 Å². The van der Waals surface area contributed by atoms with Gasteiger partial charge in [-0.1, -0.05) is 12.5 Å². The molecule has 0 atom stereocenters. The van der Waals surface area contributed by atoms with Crippen LogP contribution in [0.4, 0.5) is 11.4 Å². The first-order valence-corrected chi connectivity index (χ1v) is 8.93. The molecule has 0 radical (unpaired) electrons. The Balaban J connectivity index is 2.06. The van der Waals surface area contributed by atoms with E-state index in [0.717, 1.165) is 43.3 Å². The normalized spacial score (nSPS) is 10.1. The minimum absolute atomic E-state index is 0.608. The minimum Gasteiger partial charge on any atom is -0.303 e. The van der Waals surface area contributed by atoms with Crippen LogP contribution in [0.3, 0.4) is 0 Å². The van der Waals surface area contributed by atoms with E-state index in [1.54, 1.807) is 24.3 Å². The molecule has 136 valence electrons. The van der Waals surface area contributed by atoms with E-state index in [9.17, 15) is 4.79 Å². The summed E-state index contributed by atoms with van der Waals surface area (Å²) in [7, 11) is 0. The zero-order valence-electron chi connectivity index (χ0n) is 15.1. The fraction of sp³-hybridized carbons (Fsp3) is 0.227. The lowest BCUT2D eigenvalue weighted by Crippen LogP contribution is -2.23. The molecular formula is C22H22N4O. The smallest absolute Gasteiger partial charge is 0.119 e. The van der Waals surface area contributed by atoms with Gasteiger partial charge in [-0.05, 0) is 67.8 Å². The number of hydrogen-bond donors (Lipinski definition) is 1. The molecule has 0 saturated heterocycles. The Kier molecular flexibility index (Phi) is 8.14. The van der Waals surface area contributed by atoms with Crippen molar-refractivity contribution in [3.05, 3.63) is 71.9 Å². The van der Waals surface area contributed by atoms with E-state index >= 15 is 0 Å². The molecule has 0 aromatic heterocycles. The highest BCUT2D eigenvalue weighted by molar-refractivity contribution is 5.59. The lowest BCUT2D eigenvalue weighted by atomic mass is 10.1. The minimum atomic E-state index is 0.608. The Hall–Kier alpha value is -3.57. The van der Waals surface area contributed by atoms with Gasteiger partial charge in [0, 0.05) is 12.6 Å². The number of hydrogen-bond acceptors (Lipinski definition) is 5. The van der Waals surface area contributed by atoms with Crippen LogP contribution in [0.1, 0.15) is 43.2 Å². The molecule has 2 aromatic rings. The number of hydrazine groups is 1. The van der Waals surface area contributed by atoms with E-state index in [2.05, 4.69) is 23.6 Å². The van der Waals surface area contributed by atoms with Gasteiger partial charge in [0.15, 0.2) is 0 Å². The zero-order valence-corrected chi connectivity index (χ0v) is 15.1. The van der Waals surface area contributed by atoms with Gasteiger partial charge < -0.3 is 4.79 Å². The number of aldehydes is 1. The van der Waals surface area contributed by atoms with Crippen molar-refractivity contribution < 1.29 is 4.79 Å². The summed E-state index contributed by atoms with van der Waals surface area (Å²) >= 11 is 0. The lowest BCUT2D eigenvalue weighted by molar-refractivity contribution is -0.107. The van der Waals surface area contributed by atoms with Crippen LogP contribution in [0.25, 0.3) is 0 Å². The van der Waals surface area contributed by atoms with Gasteiger partial charge in [0.05, 0.1) is 34.6 Å². The Bertz CT molecular complexity index is 827. The Labute approximate surface area is 160 Å². The van der Waals surface area contributed by atoms with Crippen molar-refractivity contribution in [3.63, 3.8) is 0 Å². The van der Waals surface area contributed by atoms with Gasteiger partial charge in [-0.2, -0.15) is 10.5 Å². The number of anilines is 2. The van der Waals surface area contributed by atoms with Gasteiger partial charge in [0.25, 0.3) is 0 Å². The number of nitriles is 2. The number of allylic oxidation sites excluding steroid dienone is 1. The van der Waals surface area contributed by atoms with E-state index in [1.165, 1.54) is 0 Å². The van der Waals surface area contributed by atoms with Gasteiger partial charge in [0.1, 0.15) is 6.29 Å². The molecule has 5 heteroatoms. The third-order valence-corrected chi connectivity index (χ3v) is 3.99. The summed E-state index contributed by atoms with van der Waals surface area (Å²) in [6.07, 6.45) is 9.53. The highest BCUT2D eigenvalue weighted by Gasteiger charge is 2.04. The number of nitrogens with zero attached hydrogens (tertiary/aromatic N) is 3. The molecule has 0 aliphatic carbocycles. The molecule has 0 aliphatic rings. The third kappa shape index (κ3) is 6.68. The topological polar surface area (TPSA) is 79.9 Å². The van der Waals surface area contributed by atoms with Crippen LogP contribution in [0, 0.1) is 22.7 Å². The number of carbonyl (C=O) groups is 1. The van der Waals surface area contributed by atoms with Crippen molar-refractivity contribution >= 4 is 17.7 Å². The lowest BCUT2D eigenvalue weighted by Gasteiger charge is -2.23. The van der Waals surface area contributed by atoms with Gasteiger partial charge in [-0.15, -0.1) is 0 Å². The molecular weight excluding hydrogens is 336 g/mol. The highest BCUT2D eigenvalue weighted by atomic mass is 16.1. The zero-order chi connectivity index (χ0) is 19.3. The van der Waals surface area contributed by atoms with Crippen molar-refractivity contribution in [2.24, 2.45) is 0 Å². The average Bonchev–Trinajstić information content (AvgIpc) is 2.73. The summed E-state index contributed by atoms with van der Waals surface area (Å²) in [6.45, 7) is 0. The van der Waals surface area contributed by atoms with Crippen molar-refractivity contribution in [1.29, 1.82) is 10.5 Å². The second kappa shape index (κ2) is 11.1. The fourth-order valence-corrected chi connectivity index (χ4v) is 2.49. The predicted octanol–water partition coefficient (Wildman–Crippen LogP) is 4.93. The van der Waals surface area contributed by atoms with Crippen molar-refractivity contribution in [2.45, 2.75) is 32.1 Å². The summed E-state index contributed by atoms with van der Waals surface area (Å²) in [4.78, 5) is 10.3. The molecule has 0 aliphatic heterocycles. The monoisotopic (exact) mass is 358 g/mol. The molecule has 0 saturated carbocycles. The summed E-state index contributed by atoms with van der Waals surface area (Å²) < 4.78 is 0. The van der Waals surface area contributed by atoms with Crippen LogP contribution >= 0.6 is 0 Å². The van der Waals surface area contributed by atoms with E-state index < -0.39 is 0 Å². The van der Waals surface area contributed by atoms with E-state index in [-0.39, 0.29) is 0 Å². The number of unbranched alkanes of at least 4 members (excludes halogenated alkanes) is 4. The predicted molar refractivity (Wildman–Crippen MR) is 107 cm³/mol.